The fourth-order valence-electron chi connectivity index (χ4n) is 2.26. The van der Waals surface area contributed by atoms with Crippen molar-refractivity contribution in [2.75, 3.05) is 20.7 Å². The first-order valence-electron chi connectivity index (χ1n) is 6.61. The second-order valence-electron chi connectivity index (χ2n) is 6.88. The highest BCUT2D eigenvalue weighted by molar-refractivity contribution is 7.87. The Morgan fingerprint density at radius 2 is 1.70 bits per heavy atom. The van der Waals surface area contributed by atoms with E-state index in [-0.39, 0.29) is 18.4 Å². The van der Waals surface area contributed by atoms with Crippen LogP contribution in [0.2, 0.25) is 0 Å². The molecular weight excluding hydrogens is 280 g/mol. The molecule has 0 saturated heterocycles. The van der Waals surface area contributed by atoms with Gasteiger partial charge in [0.2, 0.25) is 0 Å². The van der Waals surface area contributed by atoms with E-state index in [0.717, 1.165) is 4.31 Å². The lowest BCUT2D eigenvalue weighted by atomic mass is 9.82. The minimum atomic E-state index is -3.62. The first-order valence-corrected chi connectivity index (χ1v) is 8.05. The van der Waals surface area contributed by atoms with Crippen LogP contribution in [0.3, 0.4) is 0 Å². The Kier molecular flexibility index (Phi) is 6.64. The van der Waals surface area contributed by atoms with Crippen molar-refractivity contribution < 1.29 is 17.9 Å². The molecule has 0 spiro atoms. The summed E-state index contributed by atoms with van der Waals surface area (Å²) in [7, 11) is -0.896. The van der Waals surface area contributed by atoms with E-state index in [2.05, 4.69) is 30.2 Å². The molecule has 120 valence electrons. The predicted molar refractivity (Wildman–Crippen MR) is 79.5 cm³/mol. The van der Waals surface area contributed by atoms with Crippen LogP contribution in [0.25, 0.3) is 0 Å². The summed E-state index contributed by atoms with van der Waals surface area (Å²) in [5.41, 5.74) is -0.548. The summed E-state index contributed by atoms with van der Waals surface area (Å²) in [6.07, 6.45) is 0.734. The van der Waals surface area contributed by atoms with Crippen molar-refractivity contribution in [1.29, 1.82) is 0 Å². The second kappa shape index (κ2) is 6.87. The standard InChI is InChI=1S/C13H28N2O4S/c1-12(2,3)10-13(4,5)14-20(17,18)15(6)9-8-11(16)19-7/h14H,8-10H2,1-7H3. The summed E-state index contributed by atoms with van der Waals surface area (Å²) < 4.78 is 32.7. The van der Waals surface area contributed by atoms with Crippen LogP contribution in [0.4, 0.5) is 0 Å². The predicted octanol–water partition coefficient (Wildman–Crippen LogP) is 1.53. The van der Waals surface area contributed by atoms with Gasteiger partial charge in [0.15, 0.2) is 0 Å². The molecule has 0 aliphatic rings. The molecule has 0 saturated carbocycles. The second-order valence-corrected chi connectivity index (χ2v) is 8.65. The average Bonchev–Trinajstić information content (AvgIpc) is 2.19. The molecule has 0 aliphatic carbocycles. The molecule has 0 fully saturated rings. The minimum Gasteiger partial charge on any atom is -0.469 e. The zero-order valence-corrected chi connectivity index (χ0v) is 14.4. The number of nitrogens with one attached hydrogen (secondary N) is 1. The summed E-state index contributed by atoms with van der Waals surface area (Å²) in [6.45, 7) is 9.97. The number of rotatable bonds is 7. The van der Waals surface area contributed by atoms with Crippen molar-refractivity contribution in [2.24, 2.45) is 5.41 Å². The van der Waals surface area contributed by atoms with Crippen LogP contribution >= 0.6 is 0 Å². The third-order valence-electron chi connectivity index (χ3n) is 2.65. The van der Waals surface area contributed by atoms with Crippen LogP contribution in [0, 0.1) is 5.41 Å². The van der Waals surface area contributed by atoms with Gasteiger partial charge in [-0.15, -0.1) is 0 Å². The van der Waals surface area contributed by atoms with Crippen molar-refractivity contribution in [3.63, 3.8) is 0 Å². The van der Waals surface area contributed by atoms with E-state index < -0.39 is 21.7 Å². The van der Waals surface area contributed by atoms with Crippen molar-refractivity contribution >= 4 is 16.2 Å². The molecule has 0 aromatic heterocycles. The molecule has 0 rings (SSSR count). The molecule has 20 heavy (non-hydrogen) atoms. The molecular formula is C13H28N2O4S. The Bertz CT molecular complexity index is 424. The molecule has 0 aromatic rings. The normalized spacial score (nSPS) is 13.6. The number of hydrogen-bond donors (Lipinski definition) is 1. The van der Waals surface area contributed by atoms with Crippen molar-refractivity contribution in [3.05, 3.63) is 0 Å². The smallest absolute Gasteiger partial charge is 0.306 e. The molecule has 0 aliphatic heterocycles. The summed E-state index contributed by atoms with van der Waals surface area (Å²) in [5, 5.41) is 0. The fraction of sp³-hybridized carbons (Fsp3) is 0.923. The molecule has 0 aromatic carbocycles. The number of carbonyl (C=O) groups is 1. The number of ether oxygens (including phenoxy) is 1. The zero-order valence-electron chi connectivity index (χ0n) is 13.6. The molecule has 1 N–H and O–H groups in total. The SMILES string of the molecule is COC(=O)CCN(C)S(=O)(=O)NC(C)(C)CC(C)(C)C. The minimum absolute atomic E-state index is 0.0105. The van der Waals surface area contributed by atoms with E-state index in [1.807, 2.05) is 13.8 Å². The van der Waals surface area contributed by atoms with Gasteiger partial charge in [-0.3, -0.25) is 4.79 Å². The number of hydrogen-bond acceptors (Lipinski definition) is 4. The van der Waals surface area contributed by atoms with Crippen LogP contribution in [-0.4, -0.2) is 44.9 Å². The lowest BCUT2D eigenvalue weighted by molar-refractivity contribution is -0.140. The third-order valence-corrected chi connectivity index (χ3v) is 4.46. The molecule has 6 nitrogen and oxygen atoms in total. The van der Waals surface area contributed by atoms with Crippen molar-refractivity contribution in [1.82, 2.24) is 9.03 Å². The molecule has 0 amide bonds. The Balaban J connectivity index is 4.68. The average molecular weight is 308 g/mol. The van der Waals surface area contributed by atoms with Crippen LogP contribution in [0.5, 0.6) is 0 Å². The van der Waals surface area contributed by atoms with E-state index in [4.69, 9.17) is 0 Å². The van der Waals surface area contributed by atoms with Crippen LogP contribution in [0.15, 0.2) is 0 Å². The van der Waals surface area contributed by atoms with Gasteiger partial charge < -0.3 is 4.74 Å². The summed E-state index contributed by atoms with van der Waals surface area (Å²) in [6, 6.07) is 0. The third kappa shape index (κ3) is 7.81. The maximum Gasteiger partial charge on any atom is 0.306 e. The highest BCUT2D eigenvalue weighted by atomic mass is 32.2. The monoisotopic (exact) mass is 308 g/mol. The van der Waals surface area contributed by atoms with Crippen LogP contribution in [-0.2, 0) is 19.7 Å². The van der Waals surface area contributed by atoms with Gasteiger partial charge >= 0.3 is 5.97 Å². The van der Waals surface area contributed by atoms with Crippen molar-refractivity contribution in [3.8, 4) is 0 Å². The Labute approximate surface area is 123 Å². The fourth-order valence-corrected chi connectivity index (χ4v) is 3.52. The van der Waals surface area contributed by atoms with Crippen molar-refractivity contribution in [2.45, 2.75) is 53.0 Å². The Morgan fingerprint density at radius 3 is 2.10 bits per heavy atom. The van der Waals surface area contributed by atoms with Crippen LogP contribution < -0.4 is 4.72 Å². The summed E-state index contributed by atoms with van der Waals surface area (Å²) in [4.78, 5) is 11.1. The Hall–Kier alpha value is -0.660. The first kappa shape index (κ1) is 19.3. The molecule has 0 unspecified atom stereocenters. The van der Waals surface area contributed by atoms with Gasteiger partial charge in [0, 0.05) is 19.1 Å². The molecule has 0 heterocycles. The number of methoxy groups -OCH3 is 1. The van der Waals surface area contributed by atoms with Gasteiger partial charge in [-0.05, 0) is 25.7 Å². The molecule has 0 atom stereocenters. The van der Waals surface area contributed by atoms with E-state index in [1.54, 1.807) is 0 Å². The lowest BCUT2D eigenvalue weighted by Gasteiger charge is -2.34. The maximum atomic E-state index is 12.2. The van der Waals surface area contributed by atoms with E-state index >= 15 is 0 Å². The number of esters is 1. The summed E-state index contributed by atoms with van der Waals surface area (Å²) >= 11 is 0. The largest absolute Gasteiger partial charge is 0.469 e. The topological polar surface area (TPSA) is 75.7 Å². The molecule has 7 heteroatoms. The lowest BCUT2D eigenvalue weighted by Crippen LogP contribution is -2.51. The van der Waals surface area contributed by atoms with E-state index in [9.17, 15) is 13.2 Å². The van der Waals surface area contributed by atoms with E-state index in [0.29, 0.717) is 6.42 Å². The van der Waals surface area contributed by atoms with Gasteiger partial charge in [0.25, 0.3) is 10.2 Å². The Morgan fingerprint density at radius 1 is 1.20 bits per heavy atom. The van der Waals surface area contributed by atoms with Gasteiger partial charge in [0.05, 0.1) is 13.5 Å². The van der Waals surface area contributed by atoms with Gasteiger partial charge in [-0.2, -0.15) is 17.4 Å². The highest BCUT2D eigenvalue weighted by Crippen LogP contribution is 2.27. The van der Waals surface area contributed by atoms with Gasteiger partial charge in [-0.1, -0.05) is 20.8 Å². The number of carbonyl (C=O) groups excluding carboxylic acids is 1. The quantitative estimate of drug-likeness (QED) is 0.724. The molecule has 0 bridgehead atoms. The number of nitrogens with zero attached hydrogens (tertiary/aromatic N) is 1. The van der Waals surface area contributed by atoms with Crippen LogP contribution in [0.1, 0.15) is 47.5 Å². The zero-order chi connectivity index (χ0) is 16.2. The van der Waals surface area contributed by atoms with Gasteiger partial charge in [0.1, 0.15) is 0 Å². The summed E-state index contributed by atoms with van der Waals surface area (Å²) in [5.74, 6) is -0.430. The maximum absolute atomic E-state index is 12.2. The first-order chi connectivity index (χ1) is 8.79. The van der Waals surface area contributed by atoms with E-state index in [1.165, 1.54) is 14.2 Å². The molecule has 0 radical (unpaired) electrons. The highest BCUT2D eigenvalue weighted by Gasteiger charge is 2.31. The van der Waals surface area contributed by atoms with Gasteiger partial charge in [-0.25, -0.2) is 0 Å².